The average molecular weight is 508 g/mol. The van der Waals surface area contributed by atoms with Crippen molar-refractivity contribution < 1.29 is 33.2 Å². The highest BCUT2D eigenvalue weighted by Crippen LogP contribution is 2.37. The second-order valence-corrected chi connectivity index (χ2v) is 8.00. The van der Waals surface area contributed by atoms with Gasteiger partial charge in [0.2, 0.25) is 5.91 Å². The molecular weight excluding hydrogens is 487 g/mol. The van der Waals surface area contributed by atoms with Gasteiger partial charge < -0.3 is 20.1 Å². The molecule has 0 aliphatic carbocycles. The van der Waals surface area contributed by atoms with Crippen LogP contribution in [0.2, 0.25) is 0 Å². The topological polar surface area (TPSA) is 140 Å². The fourth-order valence-corrected chi connectivity index (χ4v) is 4.02. The van der Waals surface area contributed by atoms with Gasteiger partial charge in [-0.15, -0.1) is 0 Å². The minimum Gasteiger partial charge on any atom is -0.497 e. The monoisotopic (exact) mass is 508 g/mol. The number of nitro groups is 1. The van der Waals surface area contributed by atoms with E-state index in [0.29, 0.717) is 27.5 Å². The Labute approximate surface area is 209 Å². The number of urea groups is 1. The lowest BCUT2D eigenvalue weighted by atomic mass is 9.82. The number of carbonyl (C=O) groups is 3. The van der Waals surface area contributed by atoms with Crippen molar-refractivity contribution in [2.45, 2.75) is 5.54 Å². The van der Waals surface area contributed by atoms with E-state index in [-0.39, 0.29) is 0 Å². The SMILES string of the molecule is COc1ccc(C2(c3ccc(OC)cc3)NC(=O)N(CC(=O)Nc3cc([N+](=O)[O-])ccc3F)C2=O)cc1. The van der Waals surface area contributed by atoms with Crippen molar-refractivity contribution in [1.29, 1.82) is 0 Å². The molecule has 1 heterocycles. The number of nitrogens with zero attached hydrogens (tertiary/aromatic N) is 2. The Hall–Kier alpha value is -5.00. The molecule has 0 bridgehead atoms. The molecule has 0 atom stereocenters. The fourth-order valence-electron chi connectivity index (χ4n) is 4.02. The number of non-ortho nitro benzene ring substituents is 1. The zero-order chi connectivity index (χ0) is 26.7. The summed E-state index contributed by atoms with van der Waals surface area (Å²) in [6, 6.07) is 14.7. The molecule has 37 heavy (non-hydrogen) atoms. The lowest BCUT2D eigenvalue weighted by molar-refractivity contribution is -0.384. The van der Waals surface area contributed by atoms with E-state index in [4.69, 9.17) is 9.47 Å². The van der Waals surface area contributed by atoms with Gasteiger partial charge in [0.15, 0.2) is 5.54 Å². The number of anilines is 1. The molecule has 11 nitrogen and oxygen atoms in total. The third-order valence-electron chi connectivity index (χ3n) is 5.89. The summed E-state index contributed by atoms with van der Waals surface area (Å²) in [5.41, 5.74) is -1.76. The van der Waals surface area contributed by atoms with Crippen LogP contribution in [0, 0.1) is 15.9 Å². The number of carbonyl (C=O) groups excluding carboxylic acids is 3. The number of imide groups is 1. The molecule has 190 valence electrons. The van der Waals surface area contributed by atoms with E-state index in [1.807, 2.05) is 0 Å². The normalized spacial score (nSPS) is 14.2. The smallest absolute Gasteiger partial charge is 0.326 e. The van der Waals surface area contributed by atoms with Gasteiger partial charge in [-0.2, -0.15) is 0 Å². The van der Waals surface area contributed by atoms with Crippen LogP contribution in [0.4, 0.5) is 20.6 Å². The Morgan fingerprint density at radius 2 is 1.54 bits per heavy atom. The van der Waals surface area contributed by atoms with Crippen molar-refractivity contribution in [2.24, 2.45) is 0 Å². The molecule has 4 amide bonds. The van der Waals surface area contributed by atoms with Gasteiger partial charge in [-0.1, -0.05) is 24.3 Å². The molecule has 0 saturated carbocycles. The van der Waals surface area contributed by atoms with E-state index in [1.54, 1.807) is 48.5 Å². The van der Waals surface area contributed by atoms with Crippen LogP contribution in [0.15, 0.2) is 66.7 Å². The molecule has 1 fully saturated rings. The third-order valence-corrected chi connectivity index (χ3v) is 5.89. The number of benzene rings is 3. The maximum atomic E-state index is 14.1. The van der Waals surface area contributed by atoms with E-state index in [2.05, 4.69) is 10.6 Å². The van der Waals surface area contributed by atoms with E-state index < -0.39 is 52.0 Å². The lowest BCUT2D eigenvalue weighted by Gasteiger charge is -2.28. The van der Waals surface area contributed by atoms with Crippen LogP contribution in [0.3, 0.4) is 0 Å². The first kappa shape index (κ1) is 25.1. The second-order valence-electron chi connectivity index (χ2n) is 8.00. The van der Waals surface area contributed by atoms with Gasteiger partial charge in [0.05, 0.1) is 24.8 Å². The van der Waals surface area contributed by atoms with Gasteiger partial charge in [-0.25, -0.2) is 9.18 Å². The summed E-state index contributed by atoms with van der Waals surface area (Å²) in [6.07, 6.45) is 0. The van der Waals surface area contributed by atoms with Crippen molar-refractivity contribution in [2.75, 3.05) is 26.1 Å². The number of rotatable bonds is 8. The molecule has 12 heteroatoms. The second kappa shape index (κ2) is 9.93. The van der Waals surface area contributed by atoms with Crippen LogP contribution in [0.25, 0.3) is 0 Å². The minimum atomic E-state index is -1.67. The summed E-state index contributed by atoms with van der Waals surface area (Å²) in [5, 5.41) is 15.9. The van der Waals surface area contributed by atoms with Crippen LogP contribution in [-0.4, -0.2) is 48.4 Å². The number of halogens is 1. The highest BCUT2D eigenvalue weighted by Gasteiger charge is 2.54. The summed E-state index contributed by atoms with van der Waals surface area (Å²) < 4.78 is 24.5. The van der Waals surface area contributed by atoms with Gasteiger partial charge in [-0.05, 0) is 41.5 Å². The molecule has 0 aromatic heterocycles. The van der Waals surface area contributed by atoms with Gasteiger partial charge in [-0.3, -0.25) is 24.6 Å². The van der Waals surface area contributed by atoms with Crippen LogP contribution in [-0.2, 0) is 15.1 Å². The maximum Gasteiger partial charge on any atom is 0.326 e. The number of methoxy groups -OCH3 is 2. The molecule has 1 aliphatic heterocycles. The fraction of sp³-hybridized carbons (Fsp3) is 0.160. The van der Waals surface area contributed by atoms with E-state index in [1.165, 1.54) is 14.2 Å². The Bertz CT molecular complexity index is 1330. The zero-order valence-electron chi connectivity index (χ0n) is 19.7. The number of ether oxygens (including phenoxy) is 2. The van der Waals surface area contributed by atoms with Crippen molar-refractivity contribution in [3.05, 3.63) is 93.8 Å². The molecule has 2 N–H and O–H groups in total. The van der Waals surface area contributed by atoms with E-state index in [0.717, 1.165) is 18.2 Å². The summed E-state index contributed by atoms with van der Waals surface area (Å²) in [4.78, 5) is 50.4. The number of nitro benzene ring substituents is 1. The van der Waals surface area contributed by atoms with Crippen LogP contribution >= 0.6 is 0 Å². The average Bonchev–Trinajstić information content (AvgIpc) is 3.15. The van der Waals surface area contributed by atoms with E-state index in [9.17, 15) is 28.9 Å². The zero-order valence-corrected chi connectivity index (χ0v) is 19.7. The Morgan fingerprint density at radius 3 is 2.03 bits per heavy atom. The van der Waals surface area contributed by atoms with Crippen molar-refractivity contribution >= 4 is 29.2 Å². The molecular formula is C25H21FN4O7. The summed E-state index contributed by atoms with van der Waals surface area (Å²) in [7, 11) is 2.97. The number of hydrogen-bond acceptors (Lipinski definition) is 7. The van der Waals surface area contributed by atoms with Crippen molar-refractivity contribution in [3.8, 4) is 11.5 Å². The Morgan fingerprint density at radius 1 is 1.00 bits per heavy atom. The lowest BCUT2D eigenvalue weighted by Crippen LogP contribution is -2.45. The van der Waals surface area contributed by atoms with Crippen LogP contribution in [0.5, 0.6) is 11.5 Å². The number of nitrogens with one attached hydrogen (secondary N) is 2. The maximum absolute atomic E-state index is 14.1. The predicted molar refractivity (Wildman–Crippen MR) is 129 cm³/mol. The quantitative estimate of drug-likeness (QED) is 0.271. The highest BCUT2D eigenvalue weighted by molar-refractivity contribution is 6.12. The molecule has 3 aromatic rings. The molecule has 0 radical (unpaired) electrons. The standard InChI is InChI=1S/C25H21FN4O7/c1-36-18-8-3-15(4-9-18)25(16-5-10-19(37-2)11-6-16)23(32)29(24(33)28-25)14-22(31)27-21-13-17(30(34)35)7-12-20(21)26/h3-13H,14H2,1-2H3,(H,27,31)(H,28,33). The van der Waals surface area contributed by atoms with Crippen molar-refractivity contribution in [3.63, 3.8) is 0 Å². The van der Waals surface area contributed by atoms with Gasteiger partial charge in [0.25, 0.3) is 11.6 Å². The minimum absolute atomic E-state index is 0.407. The molecule has 1 saturated heterocycles. The first-order valence-electron chi connectivity index (χ1n) is 10.9. The van der Waals surface area contributed by atoms with Gasteiger partial charge in [0.1, 0.15) is 23.9 Å². The van der Waals surface area contributed by atoms with Gasteiger partial charge >= 0.3 is 6.03 Å². The first-order valence-corrected chi connectivity index (χ1v) is 10.9. The highest BCUT2D eigenvalue weighted by atomic mass is 19.1. The van der Waals surface area contributed by atoms with Crippen LogP contribution < -0.4 is 20.1 Å². The molecule has 4 rings (SSSR count). The molecule has 0 spiro atoms. The predicted octanol–water partition coefficient (Wildman–Crippen LogP) is 3.19. The Kier molecular flexibility index (Phi) is 6.74. The molecule has 0 unspecified atom stereocenters. The number of hydrogen-bond donors (Lipinski definition) is 2. The van der Waals surface area contributed by atoms with Gasteiger partial charge in [0, 0.05) is 12.1 Å². The Balaban J connectivity index is 1.67. The van der Waals surface area contributed by atoms with Crippen LogP contribution in [0.1, 0.15) is 11.1 Å². The summed E-state index contributed by atoms with van der Waals surface area (Å²) in [5.74, 6) is -1.53. The largest absolute Gasteiger partial charge is 0.497 e. The molecule has 3 aromatic carbocycles. The number of amides is 4. The first-order chi connectivity index (χ1) is 17.7. The third kappa shape index (κ3) is 4.63. The summed E-state index contributed by atoms with van der Waals surface area (Å²) in [6.45, 7) is -0.763. The molecule has 1 aliphatic rings. The summed E-state index contributed by atoms with van der Waals surface area (Å²) >= 11 is 0. The van der Waals surface area contributed by atoms with E-state index >= 15 is 0 Å². The van der Waals surface area contributed by atoms with Crippen molar-refractivity contribution in [1.82, 2.24) is 10.2 Å².